The Bertz CT molecular complexity index is 597. The number of piperazine rings is 1. The first-order valence-corrected chi connectivity index (χ1v) is 9.24. The van der Waals surface area contributed by atoms with Gasteiger partial charge in [0, 0.05) is 45.1 Å². The lowest BCUT2D eigenvalue weighted by molar-refractivity contribution is 0.255. The molecule has 1 aromatic heterocycles. The van der Waals surface area contributed by atoms with Gasteiger partial charge in [-0.1, -0.05) is 0 Å². The summed E-state index contributed by atoms with van der Waals surface area (Å²) in [6, 6.07) is 0. The van der Waals surface area contributed by atoms with Crippen molar-refractivity contribution < 1.29 is 8.42 Å². The maximum atomic E-state index is 11.9. The molecule has 0 bridgehead atoms. The number of aryl methyl sites for hydroxylation is 1. The lowest BCUT2D eigenvalue weighted by atomic mass is 10.2. The lowest BCUT2D eigenvalue weighted by Gasteiger charge is -2.36. The predicted molar refractivity (Wildman–Crippen MR) is 82.2 cm³/mol. The average Bonchev–Trinajstić information content (AvgIpc) is 2.80. The van der Waals surface area contributed by atoms with Crippen molar-refractivity contribution in [2.24, 2.45) is 0 Å². The zero-order chi connectivity index (χ0) is 14.9. The Morgan fingerprint density at radius 3 is 2.52 bits per heavy atom. The number of aromatic nitrogens is 2. The minimum atomic E-state index is -2.84. The van der Waals surface area contributed by atoms with E-state index < -0.39 is 9.84 Å². The second kappa shape index (κ2) is 5.88. The normalized spacial score (nSPS) is 26.1. The summed E-state index contributed by atoms with van der Waals surface area (Å²) in [5.41, 5.74) is 0.948. The summed E-state index contributed by atoms with van der Waals surface area (Å²) in [5.74, 6) is 1.32. The van der Waals surface area contributed by atoms with Gasteiger partial charge < -0.3 is 4.90 Å². The van der Waals surface area contributed by atoms with Crippen molar-refractivity contribution in [3.8, 4) is 0 Å². The minimum absolute atomic E-state index is 0.151. The highest BCUT2D eigenvalue weighted by atomic mass is 32.2. The second-order valence-corrected chi connectivity index (χ2v) is 8.28. The summed E-state index contributed by atoms with van der Waals surface area (Å²) in [6.07, 6.45) is 5.08. The molecule has 3 rings (SSSR count). The van der Waals surface area contributed by atoms with E-state index in [0.717, 1.165) is 50.5 Å². The summed E-state index contributed by atoms with van der Waals surface area (Å²) in [4.78, 5) is 13.2. The molecule has 3 heterocycles. The van der Waals surface area contributed by atoms with Crippen LogP contribution in [-0.4, -0.2) is 67.0 Å². The van der Waals surface area contributed by atoms with Crippen molar-refractivity contribution >= 4 is 15.7 Å². The molecule has 1 atom stereocenters. The summed E-state index contributed by atoms with van der Waals surface area (Å²) in [7, 11) is -2.84. The molecule has 2 fully saturated rings. The Hall–Kier alpha value is -1.21. The fraction of sp³-hybridized carbons (Fsp3) is 0.714. The van der Waals surface area contributed by atoms with Gasteiger partial charge >= 0.3 is 0 Å². The van der Waals surface area contributed by atoms with Gasteiger partial charge in [-0.25, -0.2) is 13.4 Å². The van der Waals surface area contributed by atoms with E-state index in [1.165, 1.54) is 0 Å². The monoisotopic (exact) mass is 310 g/mol. The van der Waals surface area contributed by atoms with E-state index in [2.05, 4.69) is 19.8 Å². The van der Waals surface area contributed by atoms with E-state index in [0.29, 0.717) is 12.3 Å². The molecule has 6 nitrogen and oxygen atoms in total. The molecular weight excluding hydrogens is 288 g/mol. The molecule has 2 saturated heterocycles. The molecule has 0 radical (unpaired) electrons. The van der Waals surface area contributed by atoms with Crippen LogP contribution in [-0.2, 0) is 9.84 Å². The van der Waals surface area contributed by atoms with Crippen LogP contribution in [0.1, 0.15) is 18.5 Å². The third-order valence-electron chi connectivity index (χ3n) is 4.45. The van der Waals surface area contributed by atoms with E-state index in [-0.39, 0.29) is 5.25 Å². The topological polar surface area (TPSA) is 66.4 Å². The average molecular weight is 310 g/mol. The maximum absolute atomic E-state index is 11.9. The molecule has 0 N–H and O–H groups in total. The van der Waals surface area contributed by atoms with Crippen molar-refractivity contribution in [3.05, 3.63) is 18.1 Å². The molecule has 0 amide bonds. The molecule has 116 valence electrons. The van der Waals surface area contributed by atoms with E-state index >= 15 is 0 Å². The molecule has 7 heteroatoms. The largest absolute Gasteiger partial charge is 0.353 e. The molecule has 0 aliphatic carbocycles. The van der Waals surface area contributed by atoms with Gasteiger partial charge in [0.25, 0.3) is 0 Å². The molecule has 2 aliphatic heterocycles. The van der Waals surface area contributed by atoms with Gasteiger partial charge in [-0.05, 0) is 19.8 Å². The smallest absolute Gasteiger partial charge is 0.154 e. The summed E-state index contributed by atoms with van der Waals surface area (Å²) >= 11 is 0. The van der Waals surface area contributed by atoms with Crippen molar-refractivity contribution in [1.29, 1.82) is 0 Å². The Labute approximate surface area is 126 Å². The number of sulfone groups is 1. The van der Waals surface area contributed by atoms with Gasteiger partial charge in [0.15, 0.2) is 9.84 Å². The minimum Gasteiger partial charge on any atom is -0.353 e. The maximum Gasteiger partial charge on any atom is 0.154 e. The Morgan fingerprint density at radius 2 is 1.90 bits per heavy atom. The fourth-order valence-electron chi connectivity index (χ4n) is 3.20. The highest BCUT2D eigenvalue weighted by Crippen LogP contribution is 2.22. The van der Waals surface area contributed by atoms with Crippen molar-refractivity contribution in [1.82, 2.24) is 14.9 Å². The first-order chi connectivity index (χ1) is 10.1. The van der Waals surface area contributed by atoms with E-state index in [1.807, 2.05) is 6.92 Å². The first-order valence-electron chi connectivity index (χ1n) is 7.53. The Kier molecular flexibility index (Phi) is 4.12. The van der Waals surface area contributed by atoms with Crippen LogP contribution in [0.5, 0.6) is 0 Å². The van der Waals surface area contributed by atoms with Gasteiger partial charge in [-0.2, -0.15) is 0 Å². The van der Waals surface area contributed by atoms with Crippen LogP contribution in [0.3, 0.4) is 0 Å². The van der Waals surface area contributed by atoms with Crippen LogP contribution < -0.4 is 4.90 Å². The fourth-order valence-corrected chi connectivity index (χ4v) is 5.07. The van der Waals surface area contributed by atoms with Crippen molar-refractivity contribution in [3.63, 3.8) is 0 Å². The van der Waals surface area contributed by atoms with Crippen LogP contribution in [0.25, 0.3) is 0 Å². The van der Waals surface area contributed by atoms with Crippen LogP contribution in [0.15, 0.2) is 12.4 Å². The molecule has 21 heavy (non-hydrogen) atoms. The summed E-state index contributed by atoms with van der Waals surface area (Å²) in [5, 5.41) is -0.151. The molecule has 0 saturated carbocycles. The van der Waals surface area contributed by atoms with Crippen molar-refractivity contribution in [2.75, 3.05) is 43.4 Å². The number of anilines is 1. The van der Waals surface area contributed by atoms with Crippen molar-refractivity contribution in [2.45, 2.75) is 25.0 Å². The number of rotatable bonds is 3. The Balaban J connectivity index is 1.57. The van der Waals surface area contributed by atoms with Crippen LogP contribution in [0, 0.1) is 6.92 Å². The van der Waals surface area contributed by atoms with Crippen LogP contribution in [0.2, 0.25) is 0 Å². The van der Waals surface area contributed by atoms with Crippen LogP contribution in [0.4, 0.5) is 5.82 Å². The molecule has 2 aliphatic rings. The third kappa shape index (κ3) is 3.18. The Morgan fingerprint density at radius 1 is 1.19 bits per heavy atom. The molecule has 0 aromatic carbocycles. The van der Waals surface area contributed by atoms with Gasteiger partial charge in [-0.3, -0.25) is 9.88 Å². The lowest BCUT2D eigenvalue weighted by Crippen LogP contribution is -2.49. The molecule has 1 unspecified atom stereocenters. The quantitative estimate of drug-likeness (QED) is 0.809. The highest BCUT2D eigenvalue weighted by Gasteiger charge is 2.33. The number of nitrogens with zero attached hydrogens (tertiary/aromatic N) is 4. The van der Waals surface area contributed by atoms with Gasteiger partial charge in [0.2, 0.25) is 0 Å². The van der Waals surface area contributed by atoms with E-state index in [4.69, 9.17) is 0 Å². The van der Waals surface area contributed by atoms with E-state index in [9.17, 15) is 8.42 Å². The summed E-state index contributed by atoms with van der Waals surface area (Å²) in [6.45, 7) is 6.21. The first kappa shape index (κ1) is 14.7. The van der Waals surface area contributed by atoms with Gasteiger partial charge in [0.1, 0.15) is 5.82 Å². The standard InChI is InChI=1S/C14H22N4O2S/c1-12-14(16-5-4-15-12)18-8-6-17(7-9-18)11-13-3-2-10-21(13,19)20/h4-5,13H,2-3,6-11H2,1H3. The molecule has 0 spiro atoms. The SMILES string of the molecule is Cc1nccnc1N1CCN(CC2CCCS2(=O)=O)CC1. The summed E-state index contributed by atoms with van der Waals surface area (Å²) < 4.78 is 23.8. The predicted octanol–water partition coefficient (Wildman–Crippen LogP) is 0.484. The molecular formula is C14H22N4O2S. The van der Waals surface area contributed by atoms with Gasteiger partial charge in [-0.15, -0.1) is 0 Å². The zero-order valence-electron chi connectivity index (χ0n) is 12.4. The highest BCUT2D eigenvalue weighted by molar-refractivity contribution is 7.92. The van der Waals surface area contributed by atoms with E-state index in [1.54, 1.807) is 12.4 Å². The molecule has 1 aromatic rings. The van der Waals surface area contributed by atoms with Gasteiger partial charge in [0.05, 0.1) is 16.7 Å². The third-order valence-corrected chi connectivity index (χ3v) is 6.71. The van der Waals surface area contributed by atoms with Crippen LogP contribution >= 0.6 is 0 Å². The zero-order valence-corrected chi connectivity index (χ0v) is 13.2. The number of hydrogen-bond donors (Lipinski definition) is 0. The second-order valence-electron chi connectivity index (χ2n) is 5.88. The number of hydrogen-bond acceptors (Lipinski definition) is 6.